The van der Waals surface area contributed by atoms with E-state index < -0.39 is 5.91 Å². The number of carbonyl (C=O) groups is 1. The molecule has 1 aliphatic rings. The van der Waals surface area contributed by atoms with Gasteiger partial charge in [0.25, 0.3) is 5.91 Å². The molecule has 1 saturated heterocycles. The van der Waals surface area contributed by atoms with Gasteiger partial charge in [-0.3, -0.25) is 4.79 Å². The van der Waals surface area contributed by atoms with Crippen LogP contribution in [0.2, 0.25) is 0 Å². The molecule has 5 nitrogen and oxygen atoms in total. The van der Waals surface area contributed by atoms with Crippen molar-refractivity contribution in [1.29, 1.82) is 0 Å². The molecule has 1 aromatic rings. The van der Waals surface area contributed by atoms with Gasteiger partial charge in [-0.25, -0.2) is 9.97 Å². The zero-order chi connectivity index (χ0) is 13.3. The topological polar surface area (TPSA) is 94.9 Å². The molecule has 0 aromatic carbocycles. The normalized spacial score (nSPS) is 23.9. The van der Waals surface area contributed by atoms with E-state index in [4.69, 9.17) is 11.5 Å². The van der Waals surface area contributed by atoms with Crippen LogP contribution in [0.15, 0.2) is 0 Å². The summed E-state index contributed by atoms with van der Waals surface area (Å²) in [5, 5.41) is 0.675. The van der Waals surface area contributed by atoms with Crippen molar-refractivity contribution in [2.75, 3.05) is 17.2 Å². The summed E-state index contributed by atoms with van der Waals surface area (Å²) in [5.74, 6) is 2.55. The summed E-state index contributed by atoms with van der Waals surface area (Å²) in [7, 11) is 0. The van der Waals surface area contributed by atoms with Gasteiger partial charge in [0.15, 0.2) is 0 Å². The Morgan fingerprint density at radius 3 is 2.56 bits per heavy atom. The molecular weight excluding hydrogens is 268 g/mol. The molecule has 0 saturated carbocycles. The van der Waals surface area contributed by atoms with Gasteiger partial charge in [0.2, 0.25) is 0 Å². The first-order valence-electron chi connectivity index (χ1n) is 5.67. The van der Waals surface area contributed by atoms with E-state index in [1.807, 2.05) is 23.5 Å². The lowest BCUT2D eigenvalue weighted by atomic mass is 10.2. The Bertz CT molecular complexity index is 457. The van der Waals surface area contributed by atoms with Gasteiger partial charge in [-0.2, -0.15) is 11.8 Å². The molecule has 1 amide bonds. The number of rotatable bonds is 2. The molecule has 0 radical (unpaired) electrons. The largest absolute Gasteiger partial charge is 0.383 e. The number of primary amides is 1. The molecule has 4 N–H and O–H groups in total. The van der Waals surface area contributed by atoms with E-state index in [0.717, 1.165) is 11.5 Å². The maximum absolute atomic E-state index is 11.2. The van der Waals surface area contributed by atoms with Crippen LogP contribution in [-0.4, -0.2) is 32.6 Å². The second-order valence-corrected chi connectivity index (χ2v) is 6.89. The fraction of sp³-hybridized carbons (Fsp3) is 0.545. The summed E-state index contributed by atoms with van der Waals surface area (Å²) in [6.45, 7) is 3.91. The summed E-state index contributed by atoms with van der Waals surface area (Å²) in [4.78, 5) is 19.9. The zero-order valence-corrected chi connectivity index (χ0v) is 12.0. The standard InChI is InChI=1S/C11H16N4OS2/c1-5-7(10(13)16)9(12)15-11(14-5)8-6(2)17-3-4-18-8/h6,8H,3-4H2,1-2H3,(H2,13,16)(H2,12,14,15). The third-order valence-corrected chi connectivity index (χ3v) is 5.91. The highest BCUT2D eigenvalue weighted by Crippen LogP contribution is 2.41. The number of carbonyl (C=O) groups excluding carboxylic acids is 1. The van der Waals surface area contributed by atoms with Gasteiger partial charge in [0.1, 0.15) is 17.2 Å². The molecule has 1 aliphatic heterocycles. The Balaban J connectivity index is 2.38. The average Bonchev–Trinajstić information content (AvgIpc) is 2.27. The molecule has 7 heteroatoms. The first kappa shape index (κ1) is 13.5. The molecule has 2 atom stereocenters. The smallest absolute Gasteiger partial charge is 0.254 e. The molecule has 18 heavy (non-hydrogen) atoms. The number of thioether (sulfide) groups is 2. The van der Waals surface area contributed by atoms with Crippen LogP contribution in [0.5, 0.6) is 0 Å². The van der Waals surface area contributed by atoms with Crippen molar-refractivity contribution in [2.24, 2.45) is 5.73 Å². The van der Waals surface area contributed by atoms with Crippen molar-refractivity contribution in [2.45, 2.75) is 24.3 Å². The SMILES string of the molecule is Cc1nc(C2SCCSC2C)nc(N)c1C(N)=O. The first-order chi connectivity index (χ1) is 8.50. The third kappa shape index (κ3) is 2.56. The van der Waals surface area contributed by atoms with Crippen LogP contribution in [0, 0.1) is 6.92 Å². The van der Waals surface area contributed by atoms with E-state index in [1.54, 1.807) is 6.92 Å². The van der Waals surface area contributed by atoms with Crippen molar-refractivity contribution in [3.8, 4) is 0 Å². The quantitative estimate of drug-likeness (QED) is 0.852. The number of nitrogens with zero attached hydrogens (tertiary/aromatic N) is 2. The van der Waals surface area contributed by atoms with E-state index in [1.165, 1.54) is 0 Å². The highest BCUT2D eigenvalue weighted by Gasteiger charge is 2.28. The Kier molecular flexibility index (Phi) is 4.01. The van der Waals surface area contributed by atoms with Crippen LogP contribution in [-0.2, 0) is 0 Å². The van der Waals surface area contributed by atoms with Crippen molar-refractivity contribution >= 4 is 35.2 Å². The van der Waals surface area contributed by atoms with E-state index >= 15 is 0 Å². The molecule has 0 aliphatic carbocycles. The lowest BCUT2D eigenvalue weighted by molar-refractivity contribution is 0.1000. The van der Waals surface area contributed by atoms with E-state index in [-0.39, 0.29) is 16.6 Å². The highest BCUT2D eigenvalue weighted by molar-refractivity contribution is 8.06. The lowest BCUT2D eigenvalue weighted by Crippen LogP contribution is -2.22. The Hall–Kier alpha value is -0.950. The predicted molar refractivity (Wildman–Crippen MR) is 76.8 cm³/mol. The average molecular weight is 284 g/mol. The Morgan fingerprint density at radius 2 is 2.00 bits per heavy atom. The monoisotopic (exact) mass is 284 g/mol. The van der Waals surface area contributed by atoms with Crippen molar-refractivity contribution in [1.82, 2.24) is 9.97 Å². The van der Waals surface area contributed by atoms with E-state index in [0.29, 0.717) is 16.8 Å². The summed E-state index contributed by atoms with van der Waals surface area (Å²) in [6.07, 6.45) is 0. The molecule has 2 heterocycles. The molecular formula is C11H16N4OS2. The molecule has 2 unspecified atom stereocenters. The summed E-state index contributed by atoms with van der Waals surface area (Å²) < 4.78 is 0. The fourth-order valence-corrected chi connectivity index (χ4v) is 4.65. The van der Waals surface area contributed by atoms with Crippen LogP contribution < -0.4 is 11.5 Å². The van der Waals surface area contributed by atoms with Crippen molar-refractivity contribution < 1.29 is 4.79 Å². The second kappa shape index (κ2) is 5.36. The van der Waals surface area contributed by atoms with Gasteiger partial charge in [-0.1, -0.05) is 6.92 Å². The maximum atomic E-state index is 11.2. The Labute approximate surface area is 115 Å². The molecule has 98 valence electrons. The van der Waals surface area contributed by atoms with Crippen LogP contribution in [0.1, 0.15) is 34.0 Å². The maximum Gasteiger partial charge on any atom is 0.254 e. The summed E-state index contributed by atoms with van der Waals surface area (Å²) >= 11 is 3.75. The number of nitrogens with two attached hydrogens (primary N) is 2. The van der Waals surface area contributed by atoms with Crippen LogP contribution in [0.4, 0.5) is 5.82 Å². The van der Waals surface area contributed by atoms with Gasteiger partial charge >= 0.3 is 0 Å². The third-order valence-electron chi connectivity index (χ3n) is 2.82. The zero-order valence-electron chi connectivity index (χ0n) is 10.3. The van der Waals surface area contributed by atoms with Crippen molar-refractivity contribution in [3.05, 3.63) is 17.1 Å². The van der Waals surface area contributed by atoms with Crippen LogP contribution >= 0.6 is 23.5 Å². The molecule has 0 spiro atoms. The van der Waals surface area contributed by atoms with Crippen molar-refractivity contribution in [3.63, 3.8) is 0 Å². The lowest BCUT2D eigenvalue weighted by Gasteiger charge is -2.27. The van der Waals surface area contributed by atoms with Gasteiger partial charge in [-0.05, 0) is 6.92 Å². The molecule has 2 rings (SSSR count). The first-order valence-corrected chi connectivity index (χ1v) is 7.77. The van der Waals surface area contributed by atoms with Gasteiger partial charge < -0.3 is 11.5 Å². The van der Waals surface area contributed by atoms with Crippen LogP contribution in [0.25, 0.3) is 0 Å². The summed E-state index contributed by atoms with van der Waals surface area (Å²) in [6, 6.07) is 0. The van der Waals surface area contributed by atoms with E-state index in [9.17, 15) is 4.79 Å². The number of amides is 1. The number of hydrogen-bond donors (Lipinski definition) is 2. The number of aromatic nitrogens is 2. The highest BCUT2D eigenvalue weighted by atomic mass is 32.2. The van der Waals surface area contributed by atoms with Gasteiger partial charge in [0, 0.05) is 16.8 Å². The molecule has 1 aromatic heterocycles. The number of hydrogen-bond acceptors (Lipinski definition) is 6. The molecule has 0 bridgehead atoms. The number of anilines is 1. The predicted octanol–water partition coefficient (Wildman–Crippen LogP) is 1.38. The minimum absolute atomic E-state index is 0.188. The minimum Gasteiger partial charge on any atom is -0.383 e. The van der Waals surface area contributed by atoms with Gasteiger partial charge in [-0.15, -0.1) is 11.8 Å². The fourth-order valence-electron chi connectivity index (χ4n) is 1.97. The number of nitrogen functional groups attached to an aromatic ring is 1. The van der Waals surface area contributed by atoms with Crippen LogP contribution in [0.3, 0.4) is 0 Å². The number of aryl methyl sites for hydroxylation is 1. The second-order valence-electron chi connectivity index (χ2n) is 4.16. The minimum atomic E-state index is -0.574. The summed E-state index contributed by atoms with van der Waals surface area (Å²) in [5.41, 5.74) is 11.9. The molecule has 1 fully saturated rings. The Morgan fingerprint density at radius 1 is 1.33 bits per heavy atom. The van der Waals surface area contributed by atoms with E-state index in [2.05, 4.69) is 16.9 Å². The van der Waals surface area contributed by atoms with Gasteiger partial charge in [0.05, 0.1) is 10.9 Å².